The summed E-state index contributed by atoms with van der Waals surface area (Å²) >= 11 is 0. The zero-order valence-corrected chi connectivity index (χ0v) is 25.2. The molecule has 0 amide bonds. The normalized spacial score (nSPS) is 14.8. The van der Waals surface area contributed by atoms with Gasteiger partial charge in [-0.15, -0.1) is 0 Å². The van der Waals surface area contributed by atoms with Crippen LogP contribution in [0.2, 0.25) is 0 Å². The van der Waals surface area contributed by atoms with Crippen LogP contribution in [-0.4, -0.2) is 0 Å². The summed E-state index contributed by atoms with van der Waals surface area (Å²) in [6.45, 7) is 4.37. The molecule has 0 aromatic heterocycles. The first-order valence-corrected chi connectivity index (χ1v) is 15.6. The summed E-state index contributed by atoms with van der Waals surface area (Å²) in [5.41, 5.74) is 11.5. The SMILES string of the molecule is CC1=CC(c2cc(-c3cccc(C)c3)cc(-c3cccc(-c4ccc5c6ccccc6c6ccccc6c5c4)c3)c2)CC=C1. The first-order chi connectivity index (χ1) is 21.6. The topological polar surface area (TPSA) is 0 Å². The molecule has 0 radical (unpaired) electrons. The Hall–Kier alpha value is -5.20. The van der Waals surface area contributed by atoms with Gasteiger partial charge in [0.25, 0.3) is 0 Å². The highest BCUT2D eigenvalue weighted by molar-refractivity contribution is 6.25. The average Bonchev–Trinajstić information content (AvgIpc) is 3.08. The Kier molecular flexibility index (Phi) is 6.50. The van der Waals surface area contributed by atoms with Gasteiger partial charge in [0.2, 0.25) is 0 Å². The highest BCUT2D eigenvalue weighted by Gasteiger charge is 2.15. The van der Waals surface area contributed by atoms with Gasteiger partial charge in [0.05, 0.1) is 0 Å². The number of hydrogen-bond acceptors (Lipinski definition) is 0. The summed E-state index contributed by atoms with van der Waals surface area (Å²) in [6, 6.07) is 49.7. The molecule has 0 nitrogen and oxygen atoms in total. The van der Waals surface area contributed by atoms with E-state index in [0.29, 0.717) is 5.92 Å². The van der Waals surface area contributed by atoms with Gasteiger partial charge in [0.15, 0.2) is 0 Å². The van der Waals surface area contributed by atoms with E-state index < -0.39 is 0 Å². The van der Waals surface area contributed by atoms with Crippen LogP contribution in [0.4, 0.5) is 0 Å². The van der Waals surface area contributed by atoms with Gasteiger partial charge in [-0.2, -0.15) is 0 Å². The maximum absolute atomic E-state index is 2.42. The molecule has 210 valence electrons. The molecule has 0 N–H and O–H groups in total. The van der Waals surface area contributed by atoms with E-state index in [1.54, 1.807) is 0 Å². The summed E-state index contributed by atoms with van der Waals surface area (Å²) in [5.74, 6) is 0.385. The molecule has 0 fully saturated rings. The van der Waals surface area contributed by atoms with E-state index in [1.807, 2.05) is 0 Å². The van der Waals surface area contributed by atoms with Gasteiger partial charge in [-0.25, -0.2) is 0 Å². The third-order valence-corrected chi connectivity index (χ3v) is 9.24. The van der Waals surface area contributed by atoms with E-state index in [4.69, 9.17) is 0 Å². The highest BCUT2D eigenvalue weighted by Crippen LogP contribution is 2.39. The van der Waals surface area contributed by atoms with Crippen molar-refractivity contribution >= 4 is 32.3 Å². The minimum Gasteiger partial charge on any atom is -0.0834 e. The molecule has 1 atom stereocenters. The summed E-state index contributed by atoms with van der Waals surface area (Å²) in [5, 5.41) is 7.85. The van der Waals surface area contributed by atoms with Gasteiger partial charge in [-0.1, -0.05) is 145 Å². The lowest BCUT2D eigenvalue weighted by atomic mass is 9.85. The minimum absolute atomic E-state index is 0.385. The Morgan fingerprint density at radius 2 is 0.955 bits per heavy atom. The lowest BCUT2D eigenvalue weighted by molar-refractivity contribution is 0.844. The number of allylic oxidation sites excluding steroid dienone is 4. The van der Waals surface area contributed by atoms with Gasteiger partial charge >= 0.3 is 0 Å². The fraction of sp³-hybridized carbons (Fsp3) is 0.0909. The summed E-state index contributed by atoms with van der Waals surface area (Å²) in [6.07, 6.45) is 8.00. The quantitative estimate of drug-likeness (QED) is 0.187. The summed E-state index contributed by atoms with van der Waals surface area (Å²) < 4.78 is 0. The van der Waals surface area contributed by atoms with Crippen LogP contribution in [0.15, 0.2) is 157 Å². The van der Waals surface area contributed by atoms with Crippen molar-refractivity contribution in [1.82, 2.24) is 0 Å². The largest absolute Gasteiger partial charge is 0.0834 e. The van der Waals surface area contributed by atoms with Gasteiger partial charge in [-0.3, -0.25) is 0 Å². The van der Waals surface area contributed by atoms with Crippen molar-refractivity contribution in [3.05, 3.63) is 168 Å². The van der Waals surface area contributed by atoms with Gasteiger partial charge in [0.1, 0.15) is 0 Å². The summed E-state index contributed by atoms with van der Waals surface area (Å²) in [4.78, 5) is 0. The maximum atomic E-state index is 2.42. The lowest BCUT2D eigenvalue weighted by Crippen LogP contribution is -1.99. The van der Waals surface area contributed by atoms with Crippen LogP contribution in [0.3, 0.4) is 0 Å². The second kappa shape index (κ2) is 10.8. The zero-order chi connectivity index (χ0) is 29.6. The zero-order valence-electron chi connectivity index (χ0n) is 25.2. The van der Waals surface area contributed by atoms with Crippen molar-refractivity contribution in [1.29, 1.82) is 0 Å². The number of aryl methyl sites for hydroxylation is 1. The van der Waals surface area contributed by atoms with E-state index in [9.17, 15) is 0 Å². The number of benzene rings is 7. The molecular weight excluding hydrogens is 528 g/mol. The van der Waals surface area contributed by atoms with Gasteiger partial charge < -0.3 is 0 Å². The highest BCUT2D eigenvalue weighted by atomic mass is 14.2. The predicted octanol–water partition coefficient (Wildman–Crippen LogP) is 12.4. The molecule has 8 rings (SSSR count). The molecule has 0 bridgehead atoms. The van der Waals surface area contributed by atoms with Crippen molar-refractivity contribution in [2.75, 3.05) is 0 Å². The Labute approximate surface area is 259 Å². The third-order valence-electron chi connectivity index (χ3n) is 9.24. The van der Waals surface area contributed by atoms with Crippen LogP contribution in [-0.2, 0) is 0 Å². The summed E-state index contributed by atoms with van der Waals surface area (Å²) in [7, 11) is 0. The first kappa shape index (κ1) is 26.4. The number of fused-ring (bicyclic) bond motifs is 6. The second-order valence-corrected chi connectivity index (χ2v) is 12.3. The molecule has 1 aliphatic rings. The van der Waals surface area contributed by atoms with Crippen molar-refractivity contribution in [3.63, 3.8) is 0 Å². The van der Waals surface area contributed by atoms with Crippen molar-refractivity contribution in [2.45, 2.75) is 26.2 Å². The van der Waals surface area contributed by atoms with Crippen LogP contribution in [0.25, 0.3) is 65.7 Å². The van der Waals surface area contributed by atoms with Gasteiger partial charge in [0, 0.05) is 5.92 Å². The molecule has 44 heavy (non-hydrogen) atoms. The molecule has 0 saturated heterocycles. The van der Waals surface area contributed by atoms with E-state index in [-0.39, 0.29) is 0 Å². The van der Waals surface area contributed by atoms with Crippen molar-refractivity contribution in [3.8, 4) is 33.4 Å². The number of hydrogen-bond donors (Lipinski definition) is 0. The molecule has 1 unspecified atom stereocenters. The lowest BCUT2D eigenvalue weighted by Gasteiger charge is -2.19. The van der Waals surface area contributed by atoms with E-state index in [2.05, 4.69) is 166 Å². The van der Waals surface area contributed by atoms with Crippen LogP contribution in [0.5, 0.6) is 0 Å². The number of rotatable bonds is 4. The Morgan fingerprint density at radius 3 is 1.59 bits per heavy atom. The standard InChI is InChI=1S/C44H34/c1-29-10-7-12-31(22-29)36-25-37(32-13-8-11-30(2)23-32)27-38(26-36)34-15-9-14-33(24-34)35-20-21-43-41-18-4-3-16-39(41)40-17-5-6-19-42(40)44(43)28-35/h3-12,14-28,32H,13H2,1-2H3. The molecule has 0 heteroatoms. The molecule has 1 aliphatic carbocycles. The van der Waals surface area contributed by atoms with E-state index in [1.165, 1.54) is 82.4 Å². The second-order valence-electron chi connectivity index (χ2n) is 12.3. The van der Waals surface area contributed by atoms with Crippen LogP contribution < -0.4 is 0 Å². The monoisotopic (exact) mass is 562 g/mol. The molecular formula is C44H34. The predicted molar refractivity (Wildman–Crippen MR) is 190 cm³/mol. The smallest absolute Gasteiger partial charge is 0.00587 e. The van der Waals surface area contributed by atoms with Crippen LogP contribution in [0.1, 0.15) is 30.4 Å². The first-order valence-electron chi connectivity index (χ1n) is 15.6. The fourth-order valence-electron chi connectivity index (χ4n) is 7.06. The Bertz CT molecular complexity index is 2240. The molecule has 7 aromatic carbocycles. The van der Waals surface area contributed by atoms with Crippen LogP contribution >= 0.6 is 0 Å². The molecule has 0 spiro atoms. The third kappa shape index (κ3) is 4.74. The minimum atomic E-state index is 0.385. The van der Waals surface area contributed by atoms with Gasteiger partial charge in [-0.05, 0) is 110 Å². The van der Waals surface area contributed by atoms with E-state index >= 15 is 0 Å². The van der Waals surface area contributed by atoms with Crippen molar-refractivity contribution in [2.24, 2.45) is 0 Å². The van der Waals surface area contributed by atoms with Crippen LogP contribution in [0, 0.1) is 6.92 Å². The molecule has 7 aromatic rings. The Morgan fingerprint density at radius 1 is 0.432 bits per heavy atom. The van der Waals surface area contributed by atoms with Crippen molar-refractivity contribution < 1.29 is 0 Å². The van der Waals surface area contributed by atoms with E-state index in [0.717, 1.165) is 6.42 Å². The molecule has 0 aliphatic heterocycles. The molecule has 0 heterocycles. The fourth-order valence-corrected chi connectivity index (χ4v) is 7.06. The Balaban J connectivity index is 1.28. The molecule has 0 saturated carbocycles. The maximum Gasteiger partial charge on any atom is 0.00587 e. The average molecular weight is 563 g/mol.